The maximum atomic E-state index is 12.9. The summed E-state index contributed by atoms with van der Waals surface area (Å²) in [7, 11) is 2.44. The lowest BCUT2D eigenvalue weighted by Gasteiger charge is -2.19. The van der Waals surface area contributed by atoms with Crippen molar-refractivity contribution in [1.82, 2.24) is 30.9 Å². The lowest BCUT2D eigenvalue weighted by molar-refractivity contribution is -0.154. The number of hydrogen-bond acceptors (Lipinski definition) is 11. The van der Waals surface area contributed by atoms with Gasteiger partial charge < -0.3 is 36.1 Å². The molecule has 0 bridgehead atoms. The molecule has 1 aliphatic rings. The minimum atomic E-state index is -4.63. The van der Waals surface area contributed by atoms with Gasteiger partial charge in [-0.3, -0.25) is 19.2 Å². The molecule has 14 nitrogen and oxygen atoms in total. The standard InChI is InChI=1S/C29H30ClF3N8O6/c1-34-23(44)24(45)35-14-20(13-21(42)46-2)36-22(43)16-3-9-19(10-4-16)37-25-38-26(40-27(39-25)47-15-29(31,32)33)41-28(11-12-28)17-5-7-18(30)8-6-17/h3-10,20H,11-15H2,1-2H3,(H,34,44)(H,35,45)(H,36,43)(H2,37,38,39,40,41). The van der Waals surface area contributed by atoms with Gasteiger partial charge in [0.25, 0.3) is 5.91 Å². The Labute approximate surface area is 271 Å². The van der Waals surface area contributed by atoms with Crippen molar-refractivity contribution in [2.45, 2.75) is 37.0 Å². The molecule has 0 radical (unpaired) electrons. The second-order valence-corrected chi connectivity index (χ2v) is 10.8. The largest absolute Gasteiger partial charge is 0.469 e. The third kappa shape index (κ3) is 10.2. The fourth-order valence-corrected chi connectivity index (χ4v) is 4.37. The Morgan fingerprint density at radius 1 is 0.957 bits per heavy atom. The van der Waals surface area contributed by atoms with Gasteiger partial charge in [0.2, 0.25) is 11.9 Å². The maximum Gasteiger partial charge on any atom is 0.422 e. The van der Waals surface area contributed by atoms with Crippen molar-refractivity contribution in [2.75, 3.05) is 37.9 Å². The third-order valence-electron chi connectivity index (χ3n) is 6.80. The predicted molar refractivity (Wildman–Crippen MR) is 162 cm³/mol. The molecule has 1 heterocycles. The number of rotatable bonds is 13. The lowest BCUT2D eigenvalue weighted by atomic mass is 10.1. The number of alkyl halides is 3. The molecule has 1 atom stereocenters. The molecule has 0 aliphatic heterocycles. The van der Waals surface area contributed by atoms with Crippen molar-refractivity contribution in [2.24, 2.45) is 0 Å². The Hall–Kier alpha value is -5.19. The van der Waals surface area contributed by atoms with Crippen LogP contribution < -0.4 is 31.3 Å². The number of halogens is 4. The Balaban J connectivity index is 1.48. The monoisotopic (exact) mass is 678 g/mol. The van der Waals surface area contributed by atoms with E-state index in [1.807, 2.05) is 12.1 Å². The van der Waals surface area contributed by atoms with Crippen LogP contribution in [0.15, 0.2) is 48.5 Å². The summed E-state index contributed by atoms with van der Waals surface area (Å²) in [4.78, 5) is 60.3. The van der Waals surface area contributed by atoms with E-state index in [0.29, 0.717) is 23.6 Å². The summed E-state index contributed by atoms with van der Waals surface area (Å²) in [6.45, 7) is -1.85. The van der Waals surface area contributed by atoms with Crippen LogP contribution in [0.2, 0.25) is 5.02 Å². The number of nitrogens with zero attached hydrogens (tertiary/aromatic N) is 3. The number of methoxy groups -OCH3 is 1. The quantitative estimate of drug-likeness (QED) is 0.132. The van der Waals surface area contributed by atoms with Gasteiger partial charge in [-0.15, -0.1) is 0 Å². The Kier molecular flexibility index (Phi) is 11.0. The molecule has 3 amide bonds. The highest BCUT2D eigenvalue weighted by molar-refractivity contribution is 6.35. The van der Waals surface area contributed by atoms with Crippen molar-refractivity contribution in [1.29, 1.82) is 0 Å². The minimum Gasteiger partial charge on any atom is -0.469 e. The molecule has 4 rings (SSSR count). The summed E-state index contributed by atoms with van der Waals surface area (Å²) < 4.78 is 48.1. The van der Waals surface area contributed by atoms with Crippen LogP contribution in [0.5, 0.6) is 6.01 Å². The van der Waals surface area contributed by atoms with Crippen LogP contribution in [0.25, 0.3) is 0 Å². The normalized spacial score (nSPS) is 13.8. The molecule has 250 valence electrons. The van der Waals surface area contributed by atoms with Crippen LogP contribution in [-0.2, 0) is 24.7 Å². The van der Waals surface area contributed by atoms with E-state index in [4.69, 9.17) is 16.3 Å². The van der Waals surface area contributed by atoms with Crippen LogP contribution in [0.4, 0.5) is 30.8 Å². The smallest absolute Gasteiger partial charge is 0.422 e. The van der Waals surface area contributed by atoms with Gasteiger partial charge in [0.05, 0.1) is 25.1 Å². The third-order valence-corrected chi connectivity index (χ3v) is 7.05. The van der Waals surface area contributed by atoms with E-state index >= 15 is 0 Å². The molecule has 0 saturated heterocycles. The first-order valence-corrected chi connectivity index (χ1v) is 14.4. The Bertz CT molecular complexity index is 1600. The first-order valence-electron chi connectivity index (χ1n) is 14.0. The predicted octanol–water partition coefficient (Wildman–Crippen LogP) is 2.83. The number of benzene rings is 2. The van der Waals surface area contributed by atoms with Gasteiger partial charge in [-0.05, 0) is 54.8 Å². The molecule has 1 saturated carbocycles. The van der Waals surface area contributed by atoms with Gasteiger partial charge in [-0.25, -0.2) is 0 Å². The SMILES string of the molecule is CNC(=O)C(=O)NCC(CC(=O)OC)NC(=O)c1ccc(Nc2nc(NC3(c4ccc(Cl)cc4)CC3)nc(OCC(F)(F)F)n2)cc1. The van der Waals surface area contributed by atoms with Crippen LogP contribution in [0.3, 0.4) is 0 Å². The van der Waals surface area contributed by atoms with E-state index in [0.717, 1.165) is 12.7 Å². The summed E-state index contributed by atoms with van der Waals surface area (Å²) in [5, 5.41) is 13.7. The molecule has 3 aromatic rings. The van der Waals surface area contributed by atoms with E-state index in [2.05, 4.69) is 46.3 Å². The topological polar surface area (TPSA) is 186 Å². The average Bonchev–Trinajstić information content (AvgIpc) is 3.82. The Morgan fingerprint density at radius 2 is 1.62 bits per heavy atom. The van der Waals surface area contributed by atoms with E-state index in [1.165, 1.54) is 31.3 Å². The highest BCUT2D eigenvalue weighted by Crippen LogP contribution is 2.48. The van der Waals surface area contributed by atoms with E-state index in [1.54, 1.807) is 12.1 Å². The van der Waals surface area contributed by atoms with Crippen LogP contribution in [-0.4, -0.2) is 78.2 Å². The molecule has 1 aliphatic carbocycles. The van der Waals surface area contributed by atoms with Gasteiger partial charge in [0.15, 0.2) is 6.61 Å². The molecule has 0 spiro atoms. The highest BCUT2D eigenvalue weighted by Gasteiger charge is 2.45. The lowest BCUT2D eigenvalue weighted by Crippen LogP contribution is -2.47. The molecule has 1 unspecified atom stereocenters. The van der Waals surface area contributed by atoms with E-state index in [-0.39, 0.29) is 30.4 Å². The van der Waals surface area contributed by atoms with Gasteiger partial charge in [0, 0.05) is 29.9 Å². The number of aromatic nitrogens is 3. The summed E-state index contributed by atoms with van der Waals surface area (Å²) in [6.07, 6.45) is -3.49. The molecular weight excluding hydrogens is 649 g/mol. The van der Waals surface area contributed by atoms with Crippen molar-refractivity contribution in [3.63, 3.8) is 0 Å². The average molecular weight is 679 g/mol. The second-order valence-electron chi connectivity index (χ2n) is 10.3. The summed E-state index contributed by atoms with van der Waals surface area (Å²) in [5.41, 5.74) is 0.875. The number of ether oxygens (including phenoxy) is 2. The zero-order valence-electron chi connectivity index (χ0n) is 25.0. The number of anilines is 3. The second kappa shape index (κ2) is 14.9. The van der Waals surface area contributed by atoms with Crippen molar-refractivity contribution >= 4 is 52.9 Å². The fourth-order valence-electron chi connectivity index (χ4n) is 4.24. The fraction of sp³-hybridized carbons (Fsp3) is 0.345. The molecule has 5 N–H and O–H groups in total. The van der Waals surface area contributed by atoms with Crippen LogP contribution in [0, 0.1) is 0 Å². The Morgan fingerprint density at radius 3 is 2.21 bits per heavy atom. The summed E-state index contributed by atoms with van der Waals surface area (Å²) >= 11 is 6.01. The van der Waals surface area contributed by atoms with Crippen molar-refractivity contribution in [3.05, 3.63) is 64.7 Å². The summed E-state index contributed by atoms with van der Waals surface area (Å²) in [6, 6.07) is 11.5. The van der Waals surface area contributed by atoms with Gasteiger partial charge in [-0.2, -0.15) is 28.1 Å². The van der Waals surface area contributed by atoms with Gasteiger partial charge in [0.1, 0.15) is 0 Å². The molecule has 2 aromatic carbocycles. The zero-order chi connectivity index (χ0) is 34.2. The minimum absolute atomic E-state index is 0.0247. The van der Waals surface area contributed by atoms with Crippen molar-refractivity contribution < 1.29 is 41.8 Å². The van der Waals surface area contributed by atoms with Crippen LogP contribution >= 0.6 is 11.6 Å². The zero-order valence-corrected chi connectivity index (χ0v) is 25.8. The van der Waals surface area contributed by atoms with E-state index in [9.17, 15) is 32.3 Å². The number of carbonyl (C=O) groups excluding carboxylic acids is 4. The molecule has 1 aromatic heterocycles. The highest BCUT2D eigenvalue weighted by atomic mass is 35.5. The maximum absolute atomic E-state index is 12.9. The number of hydrogen-bond donors (Lipinski definition) is 5. The number of carbonyl (C=O) groups is 4. The first-order chi connectivity index (χ1) is 22.3. The molecule has 1 fully saturated rings. The van der Waals surface area contributed by atoms with E-state index < -0.39 is 54.1 Å². The number of likely N-dealkylation sites (N-methyl/N-ethyl adjacent to an activating group) is 1. The molecule has 47 heavy (non-hydrogen) atoms. The molecule has 18 heteroatoms. The van der Waals surface area contributed by atoms with Gasteiger partial charge in [-0.1, -0.05) is 23.7 Å². The number of esters is 1. The molecular formula is C29H30ClF3N8O6. The number of nitrogens with one attached hydrogen (secondary N) is 5. The van der Waals surface area contributed by atoms with Crippen molar-refractivity contribution in [3.8, 4) is 6.01 Å². The number of amides is 3. The summed E-state index contributed by atoms with van der Waals surface area (Å²) in [5.74, 6) is -3.27. The van der Waals surface area contributed by atoms with Gasteiger partial charge >= 0.3 is 30.0 Å². The van der Waals surface area contributed by atoms with Crippen LogP contribution in [0.1, 0.15) is 35.2 Å². The first kappa shape index (κ1) is 34.7.